The van der Waals surface area contributed by atoms with Gasteiger partial charge in [-0.1, -0.05) is 12.1 Å². The van der Waals surface area contributed by atoms with Crippen molar-refractivity contribution < 1.29 is 18.0 Å². The summed E-state index contributed by atoms with van der Waals surface area (Å²) in [6, 6.07) is 13.1. The number of likely N-dealkylation sites (tertiary alicyclic amines) is 1. The molecule has 1 aliphatic heterocycles. The van der Waals surface area contributed by atoms with Crippen molar-refractivity contribution in [2.75, 3.05) is 18.9 Å². The van der Waals surface area contributed by atoms with E-state index in [1.54, 1.807) is 23.1 Å². The Balaban J connectivity index is 1.69. The van der Waals surface area contributed by atoms with Crippen molar-refractivity contribution in [1.29, 1.82) is 0 Å². The highest BCUT2D eigenvalue weighted by Gasteiger charge is 2.20. The van der Waals surface area contributed by atoms with Gasteiger partial charge in [0, 0.05) is 30.8 Å². The summed E-state index contributed by atoms with van der Waals surface area (Å²) in [6.07, 6.45) is 1.46. The maximum atomic E-state index is 12.5. The largest absolute Gasteiger partial charge is 0.338 e. The molecular weight excluding hydrogens is 366 g/mol. The first-order valence-corrected chi connectivity index (χ1v) is 10.1. The first-order chi connectivity index (χ1) is 12.9. The number of carbonyl (C=O) groups is 2. The van der Waals surface area contributed by atoms with Crippen LogP contribution in [0.3, 0.4) is 0 Å². The van der Waals surface area contributed by atoms with Crippen LogP contribution in [0.4, 0.5) is 5.69 Å². The predicted octanol–water partition coefficient (Wildman–Crippen LogP) is 1.97. The summed E-state index contributed by atoms with van der Waals surface area (Å²) in [6.45, 7) is 1.24. The van der Waals surface area contributed by atoms with Crippen LogP contribution >= 0.6 is 0 Å². The van der Waals surface area contributed by atoms with Crippen molar-refractivity contribution in [2.24, 2.45) is 0 Å². The van der Waals surface area contributed by atoms with Crippen LogP contribution in [0.2, 0.25) is 0 Å². The van der Waals surface area contributed by atoms with Crippen molar-refractivity contribution in [3.63, 3.8) is 0 Å². The molecule has 27 heavy (non-hydrogen) atoms. The van der Waals surface area contributed by atoms with Gasteiger partial charge in [-0.2, -0.15) is 0 Å². The summed E-state index contributed by atoms with van der Waals surface area (Å²) in [5.74, 6) is -0.157. The molecule has 3 rings (SSSR count). The van der Waals surface area contributed by atoms with Crippen LogP contribution in [0.25, 0.3) is 0 Å². The highest BCUT2D eigenvalue weighted by molar-refractivity contribution is 7.89. The van der Waals surface area contributed by atoms with Gasteiger partial charge < -0.3 is 10.2 Å². The van der Waals surface area contributed by atoms with Crippen molar-refractivity contribution in [2.45, 2.75) is 24.3 Å². The molecule has 0 aromatic heterocycles. The summed E-state index contributed by atoms with van der Waals surface area (Å²) < 4.78 is 25.7. The molecule has 142 valence electrons. The Kier molecular flexibility index (Phi) is 5.57. The Bertz CT molecular complexity index is 955. The van der Waals surface area contributed by atoms with Crippen LogP contribution in [0.5, 0.6) is 0 Å². The molecule has 7 nitrogen and oxygen atoms in total. The average molecular weight is 387 g/mol. The maximum Gasteiger partial charge on any atom is 0.255 e. The Labute approximate surface area is 158 Å². The number of nitrogens with zero attached hydrogens (tertiary/aromatic N) is 1. The summed E-state index contributed by atoms with van der Waals surface area (Å²) >= 11 is 0. The molecule has 0 saturated carbocycles. The molecule has 0 spiro atoms. The Morgan fingerprint density at radius 1 is 1.15 bits per heavy atom. The molecule has 0 aliphatic carbocycles. The van der Waals surface area contributed by atoms with Gasteiger partial charge in [-0.15, -0.1) is 0 Å². The van der Waals surface area contributed by atoms with Gasteiger partial charge >= 0.3 is 0 Å². The second-order valence-corrected chi connectivity index (χ2v) is 8.19. The third-order valence-electron chi connectivity index (χ3n) is 4.43. The lowest BCUT2D eigenvalue weighted by atomic mass is 10.1. The van der Waals surface area contributed by atoms with Gasteiger partial charge in [-0.3, -0.25) is 9.59 Å². The first kappa shape index (κ1) is 19.1. The van der Waals surface area contributed by atoms with E-state index >= 15 is 0 Å². The smallest absolute Gasteiger partial charge is 0.255 e. The minimum atomic E-state index is -3.51. The van der Waals surface area contributed by atoms with Crippen LogP contribution < -0.4 is 10.0 Å². The predicted molar refractivity (Wildman–Crippen MR) is 102 cm³/mol. The summed E-state index contributed by atoms with van der Waals surface area (Å²) in [4.78, 5) is 26.2. The highest BCUT2D eigenvalue weighted by Crippen LogP contribution is 2.17. The SMILES string of the molecule is CNS(=O)(=O)c1ccc(NC(=O)c2cccc(CN3CCCC3=O)c2)cc1. The summed E-state index contributed by atoms with van der Waals surface area (Å²) in [7, 11) is -2.17. The molecule has 1 aliphatic rings. The molecular formula is C19H21N3O4S. The monoisotopic (exact) mass is 387 g/mol. The number of benzene rings is 2. The Hall–Kier alpha value is -2.71. The topological polar surface area (TPSA) is 95.6 Å². The van der Waals surface area contributed by atoms with E-state index in [0.717, 1.165) is 18.5 Å². The zero-order valence-corrected chi connectivity index (χ0v) is 15.8. The first-order valence-electron chi connectivity index (χ1n) is 8.61. The fourth-order valence-corrected chi connectivity index (χ4v) is 3.67. The molecule has 0 bridgehead atoms. The minimum Gasteiger partial charge on any atom is -0.338 e. The third kappa shape index (κ3) is 4.53. The van der Waals surface area contributed by atoms with Gasteiger partial charge in [-0.25, -0.2) is 13.1 Å². The summed E-state index contributed by atoms with van der Waals surface area (Å²) in [5, 5.41) is 2.75. The molecule has 1 saturated heterocycles. The van der Waals surface area contributed by atoms with Crippen LogP contribution in [-0.2, 0) is 21.4 Å². The lowest BCUT2D eigenvalue weighted by molar-refractivity contribution is -0.128. The standard InChI is InChI=1S/C19H21N3O4S/c1-20-27(25,26)17-9-7-16(8-10-17)21-19(24)15-5-2-4-14(12-15)13-22-11-3-6-18(22)23/h2,4-5,7-10,12,20H,3,6,11,13H2,1H3,(H,21,24). The number of hydrogen-bond donors (Lipinski definition) is 2. The molecule has 2 N–H and O–H groups in total. The second kappa shape index (κ2) is 7.89. The van der Waals surface area contributed by atoms with E-state index in [4.69, 9.17) is 0 Å². The molecule has 1 heterocycles. The molecule has 0 atom stereocenters. The number of amides is 2. The molecule has 2 amide bonds. The van der Waals surface area contributed by atoms with Gasteiger partial charge in [0.2, 0.25) is 15.9 Å². The maximum absolute atomic E-state index is 12.5. The lowest BCUT2D eigenvalue weighted by Gasteiger charge is -2.16. The quantitative estimate of drug-likeness (QED) is 0.792. The van der Waals surface area contributed by atoms with Crippen LogP contribution in [0, 0.1) is 0 Å². The lowest BCUT2D eigenvalue weighted by Crippen LogP contribution is -2.24. The molecule has 0 radical (unpaired) electrons. The van der Waals surface area contributed by atoms with Gasteiger partial charge in [0.25, 0.3) is 5.91 Å². The normalized spacial score (nSPS) is 14.4. The molecule has 2 aromatic carbocycles. The van der Waals surface area contributed by atoms with Gasteiger partial charge in [-0.05, 0) is 55.4 Å². The zero-order chi connectivity index (χ0) is 19.4. The van der Waals surface area contributed by atoms with Crippen LogP contribution in [0.15, 0.2) is 53.4 Å². The number of rotatable bonds is 6. The third-order valence-corrected chi connectivity index (χ3v) is 5.86. The van der Waals surface area contributed by atoms with E-state index in [1.807, 2.05) is 6.07 Å². The van der Waals surface area contributed by atoms with E-state index in [9.17, 15) is 18.0 Å². The fraction of sp³-hybridized carbons (Fsp3) is 0.263. The average Bonchev–Trinajstić information content (AvgIpc) is 3.07. The van der Waals surface area contributed by atoms with Gasteiger partial charge in [0.1, 0.15) is 0 Å². The number of nitrogens with one attached hydrogen (secondary N) is 2. The van der Waals surface area contributed by atoms with Crippen molar-refractivity contribution >= 4 is 27.5 Å². The number of hydrogen-bond acceptors (Lipinski definition) is 4. The Morgan fingerprint density at radius 3 is 2.52 bits per heavy atom. The highest BCUT2D eigenvalue weighted by atomic mass is 32.2. The van der Waals surface area contributed by atoms with E-state index in [1.165, 1.54) is 31.3 Å². The zero-order valence-electron chi connectivity index (χ0n) is 14.9. The van der Waals surface area contributed by atoms with E-state index in [-0.39, 0.29) is 16.7 Å². The van der Waals surface area contributed by atoms with Crippen molar-refractivity contribution in [3.05, 3.63) is 59.7 Å². The molecule has 1 fully saturated rings. The molecule has 0 unspecified atom stereocenters. The number of sulfonamides is 1. The van der Waals surface area contributed by atoms with Crippen molar-refractivity contribution in [1.82, 2.24) is 9.62 Å². The van der Waals surface area contributed by atoms with E-state index in [2.05, 4.69) is 10.0 Å². The second-order valence-electron chi connectivity index (χ2n) is 6.31. The Morgan fingerprint density at radius 2 is 1.89 bits per heavy atom. The van der Waals surface area contributed by atoms with Crippen LogP contribution in [-0.4, -0.2) is 38.7 Å². The molecule has 2 aromatic rings. The van der Waals surface area contributed by atoms with Gasteiger partial charge in [0.15, 0.2) is 0 Å². The summed E-state index contributed by atoms with van der Waals surface area (Å²) in [5.41, 5.74) is 1.87. The van der Waals surface area contributed by atoms with Gasteiger partial charge in [0.05, 0.1) is 4.90 Å². The number of carbonyl (C=O) groups excluding carboxylic acids is 2. The van der Waals surface area contributed by atoms with Crippen molar-refractivity contribution in [3.8, 4) is 0 Å². The van der Waals surface area contributed by atoms with E-state index in [0.29, 0.717) is 24.2 Å². The molecule has 8 heteroatoms. The number of anilines is 1. The van der Waals surface area contributed by atoms with Crippen LogP contribution in [0.1, 0.15) is 28.8 Å². The minimum absolute atomic E-state index is 0.125. The fourth-order valence-electron chi connectivity index (χ4n) is 2.94. The van der Waals surface area contributed by atoms with E-state index < -0.39 is 10.0 Å².